The van der Waals surface area contributed by atoms with Gasteiger partial charge in [0.05, 0.1) is 12.2 Å². The van der Waals surface area contributed by atoms with Crippen molar-refractivity contribution in [2.24, 2.45) is 0 Å². The highest BCUT2D eigenvalue weighted by Crippen LogP contribution is 2.17. The van der Waals surface area contributed by atoms with Crippen molar-refractivity contribution >= 4 is 28.7 Å². The van der Waals surface area contributed by atoms with Gasteiger partial charge in [-0.2, -0.15) is 0 Å². The second-order valence-electron chi connectivity index (χ2n) is 5.21. The van der Waals surface area contributed by atoms with Crippen LogP contribution in [0.1, 0.15) is 34.1 Å². The molecule has 3 aromatic rings. The maximum absolute atomic E-state index is 12.3. The van der Waals surface area contributed by atoms with Crippen molar-refractivity contribution in [3.05, 3.63) is 60.0 Å². The molecule has 6 heteroatoms. The number of ether oxygens (including phenoxy) is 1. The Balaban J connectivity index is 1.75. The summed E-state index contributed by atoms with van der Waals surface area (Å²) in [6.45, 7) is 2.29. The summed E-state index contributed by atoms with van der Waals surface area (Å²) in [4.78, 5) is 28.2. The average Bonchev–Trinajstić information content (AvgIpc) is 3.07. The molecule has 0 aliphatic carbocycles. The van der Waals surface area contributed by atoms with Gasteiger partial charge in [0.25, 0.3) is 5.91 Å². The van der Waals surface area contributed by atoms with E-state index in [2.05, 4.69) is 10.3 Å². The summed E-state index contributed by atoms with van der Waals surface area (Å²) in [6, 6.07) is 11.6. The third-order valence-corrected chi connectivity index (χ3v) is 3.39. The third kappa shape index (κ3) is 3.43. The summed E-state index contributed by atoms with van der Waals surface area (Å²) in [7, 11) is 0. The van der Waals surface area contributed by atoms with E-state index in [9.17, 15) is 9.59 Å². The number of oxazole rings is 1. The second kappa shape index (κ2) is 6.95. The van der Waals surface area contributed by atoms with Crippen molar-refractivity contribution in [3.8, 4) is 0 Å². The fraction of sp³-hybridized carbons (Fsp3) is 0.167. The van der Waals surface area contributed by atoms with Crippen LogP contribution in [0.2, 0.25) is 0 Å². The van der Waals surface area contributed by atoms with Gasteiger partial charge in [0.15, 0.2) is 12.0 Å². The lowest BCUT2D eigenvalue weighted by Gasteiger charge is -2.07. The number of benzene rings is 2. The number of carbonyl (C=O) groups excluding carboxylic acids is 2. The second-order valence-corrected chi connectivity index (χ2v) is 5.21. The first-order valence-electron chi connectivity index (χ1n) is 7.59. The number of hydrogen-bond donors (Lipinski definition) is 1. The van der Waals surface area contributed by atoms with E-state index in [0.717, 1.165) is 6.42 Å². The van der Waals surface area contributed by atoms with Gasteiger partial charge < -0.3 is 14.5 Å². The fourth-order valence-electron chi connectivity index (χ4n) is 2.20. The normalized spacial score (nSPS) is 10.5. The topological polar surface area (TPSA) is 81.4 Å². The molecule has 0 aliphatic heterocycles. The Morgan fingerprint density at radius 3 is 2.88 bits per heavy atom. The van der Waals surface area contributed by atoms with Gasteiger partial charge in [0.1, 0.15) is 5.52 Å². The highest BCUT2D eigenvalue weighted by atomic mass is 16.5. The monoisotopic (exact) mass is 324 g/mol. The number of hydrogen-bond acceptors (Lipinski definition) is 5. The van der Waals surface area contributed by atoms with E-state index in [1.54, 1.807) is 42.5 Å². The molecule has 1 aromatic heterocycles. The van der Waals surface area contributed by atoms with E-state index in [0.29, 0.717) is 34.5 Å². The van der Waals surface area contributed by atoms with Gasteiger partial charge in [0.2, 0.25) is 0 Å². The molecule has 122 valence electrons. The Bertz CT molecular complexity index is 885. The molecule has 0 bridgehead atoms. The summed E-state index contributed by atoms with van der Waals surface area (Å²) in [5.74, 6) is -0.698. The highest BCUT2D eigenvalue weighted by molar-refractivity contribution is 6.06. The van der Waals surface area contributed by atoms with Crippen LogP contribution in [0.3, 0.4) is 0 Å². The van der Waals surface area contributed by atoms with Gasteiger partial charge in [-0.15, -0.1) is 0 Å². The smallest absolute Gasteiger partial charge is 0.338 e. The largest absolute Gasteiger partial charge is 0.462 e. The van der Waals surface area contributed by atoms with E-state index < -0.39 is 5.97 Å². The average molecular weight is 324 g/mol. The molecule has 1 N–H and O–H groups in total. The quantitative estimate of drug-likeness (QED) is 0.725. The molecule has 0 saturated heterocycles. The van der Waals surface area contributed by atoms with Crippen molar-refractivity contribution in [1.29, 1.82) is 0 Å². The van der Waals surface area contributed by atoms with E-state index in [4.69, 9.17) is 9.15 Å². The number of fused-ring (bicyclic) bond motifs is 1. The molecule has 0 atom stereocenters. The van der Waals surface area contributed by atoms with Crippen LogP contribution >= 0.6 is 0 Å². The molecule has 0 aliphatic rings. The lowest BCUT2D eigenvalue weighted by Crippen LogP contribution is -2.13. The first-order valence-corrected chi connectivity index (χ1v) is 7.59. The van der Waals surface area contributed by atoms with Gasteiger partial charge in [-0.05, 0) is 42.8 Å². The number of esters is 1. The zero-order chi connectivity index (χ0) is 16.9. The SMILES string of the molecule is CCCOC(=O)c1cccc(NC(=O)c2ccc3ocnc3c2)c1. The standard InChI is InChI=1S/C18H16N2O4/c1-2-8-23-18(22)13-4-3-5-14(9-13)20-17(21)12-6-7-16-15(10-12)19-11-24-16/h3-7,9-11H,2,8H2,1H3,(H,20,21). The minimum atomic E-state index is -0.406. The van der Waals surface area contributed by atoms with Crippen LogP contribution in [-0.4, -0.2) is 23.5 Å². The zero-order valence-corrected chi connectivity index (χ0v) is 13.1. The summed E-state index contributed by atoms with van der Waals surface area (Å²) >= 11 is 0. The van der Waals surface area contributed by atoms with E-state index in [1.165, 1.54) is 6.39 Å². The number of amides is 1. The maximum Gasteiger partial charge on any atom is 0.338 e. The third-order valence-electron chi connectivity index (χ3n) is 3.39. The van der Waals surface area contributed by atoms with Crippen LogP contribution in [0, 0.1) is 0 Å². The van der Waals surface area contributed by atoms with Gasteiger partial charge in [-0.3, -0.25) is 4.79 Å². The molecular formula is C18H16N2O4. The van der Waals surface area contributed by atoms with E-state index >= 15 is 0 Å². The highest BCUT2D eigenvalue weighted by Gasteiger charge is 2.11. The van der Waals surface area contributed by atoms with Crippen molar-refractivity contribution in [3.63, 3.8) is 0 Å². The predicted molar refractivity (Wildman–Crippen MR) is 89.0 cm³/mol. The lowest BCUT2D eigenvalue weighted by atomic mass is 10.1. The molecule has 24 heavy (non-hydrogen) atoms. The van der Waals surface area contributed by atoms with Crippen LogP contribution in [0.25, 0.3) is 11.1 Å². The summed E-state index contributed by atoms with van der Waals surface area (Å²) in [6.07, 6.45) is 2.09. The number of aromatic nitrogens is 1. The minimum absolute atomic E-state index is 0.293. The zero-order valence-electron chi connectivity index (χ0n) is 13.1. The van der Waals surface area contributed by atoms with E-state index in [1.807, 2.05) is 6.92 Å². The number of carbonyl (C=O) groups is 2. The predicted octanol–water partition coefficient (Wildman–Crippen LogP) is 3.65. The number of nitrogens with one attached hydrogen (secondary N) is 1. The molecule has 3 rings (SSSR count). The van der Waals surface area contributed by atoms with Gasteiger partial charge in [-0.25, -0.2) is 9.78 Å². The molecule has 6 nitrogen and oxygen atoms in total. The Morgan fingerprint density at radius 1 is 1.17 bits per heavy atom. The molecule has 0 radical (unpaired) electrons. The molecule has 1 heterocycles. The van der Waals surface area contributed by atoms with Crippen LogP contribution < -0.4 is 5.32 Å². The van der Waals surface area contributed by atoms with Crippen molar-refractivity contribution in [2.45, 2.75) is 13.3 Å². The van der Waals surface area contributed by atoms with Crippen molar-refractivity contribution in [1.82, 2.24) is 4.98 Å². The van der Waals surface area contributed by atoms with Crippen LogP contribution in [0.4, 0.5) is 5.69 Å². The molecule has 0 spiro atoms. The summed E-state index contributed by atoms with van der Waals surface area (Å²) in [5, 5.41) is 2.76. The Kier molecular flexibility index (Phi) is 4.56. The first-order chi connectivity index (χ1) is 11.7. The Hall–Kier alpha value is -3.15. The van der Waals surface area contributed by atoms with Gasteiger partial charge >= 0.3 is 5.97 Å². The number of rotatable bonds is 5. The van der Waals surface area contributed by atoms with Gasteiger partial charge in [-0.1, -0.05) is 13.0 Å². The first kappa shape index (κ1) is 15.7. The molecular weight excluding hydrogens is 308 g/mol. The molecule has 0 saturated carbocycles. The number of anilines is 1. The fourth-order valence-corrected chi connectivity index (χ4v) is 2.20. The summed E-state index contributed by atoms with van der Waals surface area (Å²) < 4.78 is 10.2. The summed E-state index contributed by atoms with van der Waals surface area (Å²) in [5.41, 5.74) is 2.60. The molecule has 0 fully saturated rings. The van der Waals surface area contributed by atoms with Crippen molar-refractivity contribution < 1.29 is 18.7 Å². The molecule has 0 unspecified atom stereocenters. The van der Waals surface area contributed by atoms with Crippen LogP contribution in [-0.2, 0) is 4.74 Å². The van der Waals surface area contributed by atoms with Crippen LogP contribution in [0.5, 0.6) is 0 Å². The molecule has 2 aromatic carbocycles. The van der Waals surface area contributed by atoms with Crippen molar-refractivity contribution in [2.75, 3.05) is 11.9 Å². The Morgan fingerprint density at radius 2 is 2.04 bits per heavy atom. The lowest BCUT2D eigenvalue weighted by molar-refractivity contribution is 0.0505. The van der Waals surface area contributed by atoms with E-state index in [-0.39, 0.29) is 5.91 Å². The maximum atomic E-state index is 12.3. The minimum Gasteiger partial charge on any atom is -0.462 e. The Labute approximate surface area is 138 Å². The van der Waals surface area contributed by atoms with Crippen LogP contribution in [0.15, 0.2) is 53.3 Å². The molecule has 1 amide bonds. The van der Waals surface area contributed by atoms with Gasteiger partial charge in [0, 0.05) is 11.3 Å². The number of nitrogens with zero attached hydrogens (tertiary/aromatic N) is 1.